The van der Waals surface area contributed by atoms with Crippen molar-refractivity contribution >= 4 is 5.96 Å². The molecule has 0 aromatic heterocycles. The number of benzene rings is 1. The van der Waals surface area contributed by atoms with Crippen LogP contribution in [-0.2, 0) is 22.6 Å². The lowest BCUT2D eigenvalue weighted by molar-refractivity contribution is -0.0390. The van der Waals surface area contributed by atoms with Crippen LogP contribution in [0.3, 0.4) is 0 Å². The number of nitrogens with zero attached hydrogens (tertiary/aromatic N) is 1. The first-order valence-electron chi connectivity index (χ1n) is 11.4. The van der Waals surface area contributed by atoms with Crippen molar-refractivity contribution in [1.82, 2.24) is 10.6 Å². The van der Waals surface area contributed by atoms with E-state index in [1.165, 1.54) is 30.4 Å². The van der Waals surface area contributed by atoms with Crippen molar-refractivity contribution in [3.05, 3.63) is 35.4 Å². The molecule has 2 fully saturated rings. The summed E-state index contributed by atoms with van der Waals surface area (Å²) in [5.41, 5.74) is 2.44. The highest BCUT2D eigenvalue weighted by Gasteiger charge is 2.24. The molecule has 0 radical (unpaired) electrons. The van der Waals surface area contributed by atoms with Crippen LogP contribution < -0.4 is 10.6 Å². The molecule has 2 unspecified atom stereocenters. The van der Waals surface area contributed by atoms with Crippen molar-refractivity contribution in [3.63, 3.8) is 0 Å². The maximum Gasteiger partial charge on any atom is 0.191 e. The quantitative estimate of drug-likeness (QED) is 0.529. The van der Waals surface area contributed by atoms with Crippen LogP contribution in [0, 0.1) is 11.8 Å². The number of rotatable bonds is 7. The molecule has 1 saturated heterocycles. The molecule has 162 valence electrons. The average molecular weight is 402 g/mol. The number of hydrogen-bond donors (Lipinski definition) is 2. The van der Waals surface area contributed by atoms with E-state index in [9.17, 15) is 0 Å². The molecule has 3 rings (SSSR count). The van der Waals surface area contributed by atoms with Crippen molar-refractivity contribution in [2.75, 3.05) is 19.8 Å². The van der Waals surface area contributed by atoms with Gasteiger partial charge in [0.05, 0.1) is 19.3 Å². The highest BCUT2D eigenvalue weighted by Crippen LogP contribution is 2.28. The van der Waals surface area contributed by atoms with E-state index in [1.807, 2.05) is 0 Å². The highest BCUT2D eigenvalue weighted by atomic mass is 16.5. The molecule has 2 atom stereocenters. The van der Waals surface area contributed by atoms with E-state index < -0.39 is 0 Å². The van der Waals surface area contributed by atoms with Gasteiger partial charge in [0.2, 0.25) is 0 Å². The monoisotopic (exact) mass is 401 g/mol. The number of aliphatic imine (C=N–C) groups is 1. The lowest BCUT2D eigenvalue weighted by Gasteiger charge is -2.32. The summed E-state index contributed by atoms with van der Waals surface area (Å²) in [6, 6.07) is 9.14. The minimum absolute atomic E-state index is 0.329. The summed E-state index contributed by atoms with van der Waals surface area (Å²) in [6.45, 7) is 10.7. The lowest BCUT2D eigenvalue weighted by atomic mass is 9.80. The first-order chi connectivity index (χ1) is 14.1. The van der Waals surface area contributed by atoms with Crippen molar-refractivity contribution in [2.45, 2.75) is 78.2 Å². The normalized spacial score (nSPS) is 26.3. The van der Waals surface area contributed by atoms with E-state index in [0.29, 0.717) is 25.3 Å². The summed E-state index contributed by atoms with van der Waals surface area (Å²) in [7, 11) is 0. The van der Waals surface area contributed by atoms with Crippen LogP contribution in [0.15, 0.2) is 29.3 Å². The summed E-state index contributed by atoms with van der Waals surface area (Å²) in [5, 5.41) is 7.09. The Kier molecular flexibility index (Phi) is 8.81. The van der Waals surface area contributed by atoms with Gasteiger partial charge in [0.25, 0.3) is 0 Å². The molecule has 0 amide bonds. The van der Waals surface area contributed by atoms with E-state index in [1.54, 1.807) is 0 Å². The first-order valence-corrected chi connectivity index (χ1v) is 11.4. The van der Waals surface area contributed by atoms with Gasteiger partial charge in [-0.2, -0.15) is 0 Å². The molecule has 0 bridgehead atoms. The van der Waals surface area contributed by atoms with Crippen molar-refractivity contribution in [3.8, 4) is 0 Å². The van der Waals surface area contributed by atoms with Gasteiger partial charge in [-0.25, -0.2) is 4.99 Å². The van der Waals surface area contributed by atoms with E-state index in [0.717, 1.165) is 50.4 Å². The third-order valence-corrected chi connectivity index (χ3v) is 5.93. The van der Waals surface area contributed by atoms with Crippen LogP contribution in [0.4, 0.5) is 0 Å². The van der Waals surface area contributed by atoms with Crippen LogP contribution in [0.2, 0.25) is 0 Å². The van der Waals surface area contributed by atoms with Gasteiger partial charge in [0.15, 0.2) is 5.96 Å². The largest absolute Gasteiger partial charge is 0.381 e. The molecule has 2 N–H and O–H groups in total. The molecule has 0 spiro atoms. The van der Waals surface area contributed by atoms with E-state index in [2.05, 4.69) is 55.7 Å². The molecule has 5 heteroatoms. The molecule has 2 aliphatic rings. The SMILES string of the molecule is CCNC(=NCc1cccc(COC2CCOCC2)c1)NC1CC(C)CC(C)C1. The van der Waals surface area contributed by atoms with E-state index in [4.69, 9.17) is 14.5 Å². The summed E-state index contributed by atoms with van der Waals surface area (Å²) < 4.78 is 11.5. The Hall–Kier alpha value is -1.59. The van der Waals surface area contributed by atoms with Gasteiger partial charge in [-0.3, -0.25) is 0 Å². The van der Waals surface area contributed by atoms with Crippen LogP contribution in [-0.4, -0.2) is 37.9 Å². The first kappa shape index (κ1) is 22.1. The van der Waals surface area contributed by atoms with Gasteiger partial charge in [-0.05, 0) is 62.0 Å². The standard InChI is InChI=1S/C24H39N3O2/c1-4-25-24(27-22-13-18(2)12-19(3)14-22)26-16-20-6-5-7-21(15-20)17-29-23-8-10-28-11-9-23/h5-7,15,18-19,22-23H,4,8-14,16-17H2,1-3H3,(H2,25,26,27). The molecule has 1 aromatic rings. The molecule has 1 aromatic carbocycles. The smallest absolute Gasteiger partial charge is 0.191 e. The zero-order valence-electron chi connectivity index (χ0n) is 18.5. The third-order valence-electron chi connectivity index (χ3n) is 5.93. The van der Waals surface area contributed by atoms with Crippen molar-refractivity contribution in [1.29, 1.82) is 0 Å². The fourth-order valence-electron chi connectivity index (χ4n) is 4.62. The Morgan fingerprint density at radius 2 is 1.83 bits per heavy atom. The zero-order valence-corrected chi connectivity index (χ0v) is 18.5. The second-order valence-corrected chi connectivity index (χ2v) is 8.90. The molecule has 1 aliphatic heterocycles. The fraction of sp³-hybridized carbons (Fsp3) is 0.708. The Morgan fingerprint density at radius 1 is 1.10 bits per heavy atom. The second kappa shape index (κ2) is 11.6. The summed E-state index contributed by atoms with van der Waals surface area (Å²) in [4.78, 5) is 4.86. The second-order valence-electron chi connectivity index (χ2n) is 8.90. The predicted molar refractivity (Wildman–Crippen MR) is 119 cm³/mol. The Bertz CT molecular complexity index is 633. The van der Waals surface area contributed by atoms with Gasteiger partial charge < -0.3 is 20.1 Å². The highest BCUT2D eigenvalue weighted by molar-refractivity contribution is 5.80. The summed E-state index contributed by atoms with van der Waals surface area (Å²) >= 11 is 0. The van der Waals surface area contributed by atoms with Crippen LogP contribution in [0.1, 0.15) is 64.0 Å². The van der Waals surface area contributed by atoms with Crippen molar-refractivity contribution in [2.24, 2.45) is 16.8 Å². The lowest BCUT2D eigenvalue weighted by Crippen LogP contribution is -2.46. The Balaban J connectivity index is 1.54. The zero-order chi connectivity index (χ0) is 20.5. The topological polar surface area (TPSA) is 54.9 Å². The molecular formula is C24H39N3O2. The molecule has 1 heterocycles. The third kappa shape index (κ3) is 7.63. The van der Waals surface area contributed by atoms with Gasteiger partial charge in [-0.15, -0.1) is 0 Å². The van der Waals surface area contributed by atoms with E-state index in [-0.39, 0.29) is 0 Å². The van der Waals surface area contributed by atoms with Gasteiger partial charge in [0.1, 0.15) is 0 Å². The Labute approximate surface area is 176 Å². The molecule has 5 nitrogen and oxygen atoms in total. The number of ether oxygens (including phenoxy) is 2. The van der Waals surface area contributed by atoms with E-state index >= 15 is 0 Å². The number of hydrogen-bond acceptors (Lipinski definition) is 3. The fourth-order valence-corrected chi connectivity index (χ4v) is 4.62. The molecule has 1 aliphatic carbocycles. The number of nitrogens with one attached hydrogen (secondary N) is 2. The maximum absolute atomic E-state index is 6.07. The van der Waals surface area contributed by atoms with Crippen LogP contribution in [0.25, 0.3) is 0 Å². The van der Waals surface area contributed by atoms with Crippen LogP contribution >= 0.6 is 0 Å². The van der Waals surface area contributed by atoms with Gasteiger partial charge in [0, 0.05) is 25.8 Å². The minimum atomic E-state index is 0.329. The summed E-state index contributed by atoms with van der Waals surface area (Å²) in [5.74, 6) is 2.50. The summed E-state index contributed by atoms with van der Waals surface area (Å²) in [6.07, 6.45) is 6.13. The number of guanidine groups is 1. The minimum Gasteiger partial charge on any atom is -0.381 e. The molecular weight excluding hydrogens is 362 g/mol. The maximum atomic E-state index is 6.07. The molecule has 1 saturated carbocycles. The Morgan fingerprint density at radius 3 is 2.55 bits per heavy atom. The van der Waals surface area contributed by atoms with Gasteiger partial charge >= 0.3 is 0 Å². The van der Waals surface area contributed by atoms with Crippen LogP contribution in [0.5, 0.6) is 0 Å². The average Bonchev–Trinajstić information content (AvgIpc) is 2.71. The van der Waals surface area contributed by atoms with Gasteiger partial charge in [-0.1, -0.05) is 38.1 Å². The molecule has 29 heavy (non-hydrogen) atoms. The predicted octanol–water partition coefficient (Wildman–Crippen LogP) is 4.26. The van der Waals surface area contributed by atoms with Crippen molar-refractivity contribution < 1.29 is 9.47 Å².